The van der Waals surface area contributed by atoms with Gasteiger partial charge in [-0.1, -0.05) is 30.3 Å². The van der Waals surface area contributed by atoms with E-state index in [0.717, 1.165) is 5.56 Å². The van der Waals surface area contributed by atoms with Gasteiger partial charge in [-0.05, 0) is 29.8 Å². The van der Waals surface area contributed by atoms with Crippen molar-refractivity contribution in [3.8, 4) is 0 Å². The fraction of sp³-hybridized carbons (Fsp3) is 0.211. The number of carbonyl (C=O) groups excluding carboxylic acids is 3. The second-order valence-corrected chi connectivity index (χ2v) is 5.53. The van der Waals surface area contributed by atoms with Crippen molar-refractivity contribution < 1.29 is 14.4 Å². The first kappa shape index (κ1) is 18.2. The molecule has 0 aromatic heterocycles. The predicted octanol–water partition coefficient (Wildman–Crippen LogP) is 1.73. The Morgan fingerprint density at radius 1 is 0.840 bits per heavy atom. The molecule has 0 heterocycles. The molecule has 2 rings (SSSR count). The molecular formula is C19H21N3O3. The minimum Gasteiger partial charge on any atom is -0.354 e. The van der Waals surface area contributed by atoms with Gasteiger partial charge in [0.15, 0.2) is 0 Å². The highest BCUT2D eigenvalue weighted by atomic mass is 16.2. The standard InChI is InChI=1S/C19H21N3O3/c1-14(23)22-17-9-7-15(8-10-17)13-18(24)20-11-12-21-19(25)16-5-3-2-4-6-16/h2-10H,11-13H2,1H3,(H,20,24)(H,21,25)(H,22,23). The zero-order valence-electron chi connectivity index (χ0n) is 14.0. The van der Waals surface area contributed by atoms with Crippen molar-refractivity contribution in [2.24, 2.45) is 0 Å². The maximum absolute atomic E-state index is 11.9. The first-order chi connectivity index (χ1) is 12.0. The van der Waals surface area contributed by atoms with E-state index < -0.39 is 0 Å². The largest absolute Gasteiger partial charge is 0.354 e. The van der Waals surface area contributed by atoms with E-state index in [1.54, 1.807) is 48.5 Å². The lowest BCUT2D eigenvalue weighted by Crippen LogP contribution is -2.35. The van der Waals surface area contributed by atoms with E-state index in [1.807, 2.05) is 6.07 Å². The number of nitrogens with one attached hydrogen (secondary N) is 3. The number of rotatable bonds is 7. The molecule has 25 heavy (non-hydrogen) atoms. The third kappa shape index (κ3) is 6.47. The van der Waals surface area contributed by atoms with E-state index in [-0.39, 0.29) is 24.1 Å². The summed E-state index contributed by atoms with van der Waals surface area (Å²) in [5.41, 5.74) is 2.13. The molecule has 0 atom stereocenters. The Kier molecular flexibility index (Phi) is 6.71. The normalized spacial score (nSPS) is 9.96. The van der Waals surface area contributed by atoms with Gasteiger partial charge in [0.05, 0.1) is 6.42 Å². The summed E-state index contributed by atoms with van der Waals surface area (Å²) < 4.78 is 0. The van der Waals surface area contributed by atoms with Crippen molar-refractivity contribution in [2.75, 3.05) is 18.4 Å². The molecule has 0 radical (unpaired) electrons. The maximum Gasteiger partial charge on any atom is 0.251 e. The molecule has 0 unspecified atom stereocenters. The topological polar surface area (TPSA) is 87.3 Å². The smallest absolute Gasteiger partial charge is 0.251 e. The van der Waals surface area contributed by atoms with E-state index >= 15 is 0 Å². The van der Waals surface area contributed by atoms with Crippen LogP contribution in [0.4, 0.5) is 5.69 Å². The van der Waals surface area contributed by atoms with Gasteiger partial charge in [0, 0.05) is 31.3 Å². The summed E-state index contributed by atoms with van der Waals surface area (Å²) >= 11 is 0. The van der Waals surface area contributed by atoms with Gasteiger partial charge in [-0.25, -0.2) is 0 Å². The summed E-state index contributed by atoms with van der Waals surface area (Å²) in [4.78, 5) is 34.7. The molecule has 6 nitrogen and oxygen atoms in total. The van der Waals surface area contributed by atoms with Crippen molar-refractivity contribution >= 4 is 23.4 Å². The Bertz CT molecular complexity index is 727. The molecule has 0 fully saturated rings. The van der Waals surface area contributed by atoms with E-state index in [1.165, 1.54) is 6.92 Å². The average Bonchev–Trinajstić information content (AvgIpc) is 2.60. The van der Waals surface area contributed by atoms with Gasteiger partial charge in [-0.3, -0.25) is 14.4 Å². The highest BCUT2D eigenvalue weighted by Gasteiger charge is 2.05. The highest BCUT2D eigenvalue weighted by Crippen LogP contribution is 2.09. The number of hydrogen-bond acceptors (Lipinski definition) is 3. The van der Waals surface area contributed by atoms with Crippen LogP contribution in [0.3, 0.4) is 0 Å². The van der Waals surface area contributed by atoms with Crippen LogP contribution in [-0.4, -0.2) is 30.8 Å². The molecule has 0 spiro atoms. The monoisotopic (exact) mass is 339 g/mol. The molecular weight excluding hydrogens is 318 g/mol. The zero-order valence-corrected chi connectivity index (χ0v) is 14.0. The average molecular weight is 339 g/mol. The first-order valence-corrected chi connectivity index (χ1v) is 8.01. The van der Waals surface area contributed by atoms with Crippen molar-refractivity contribution in [3.63, 3.8) is 0 Å². The molecule has 3 N–H and O–H groups in total. The summed E-state index contributed by atoms with van der Waals surface area (Å²) in [5.74, 6) is -0.423. The van der Waals surface area contributed by atoms with Crippen LogP contribution in [-0.2, 0) is 16.0 Å². The van der Waals surface area contributed by atoms with E-state index in [2.05, 4.69) is 16.0 Å². The van der Waals surface area contributed by atoms with Crippen LogP contribution < -0.4 is 16.0 Å². The van der Waals surface area contributed by atoms with Crippen molar-refractivity contribution in [3.05, 3.63) is 65.7 Å². The summed E-state index contributed by atoms with van der Waals surface area (Å²) in [5, 5.41) is 8.18. The van der Waals surface area contributed by atoms with Crippen LogP contribution in [0.25, 0.3) is 0 Å². The van der Waals surface area contributed by atoms with E-state index in [9.17, 15) is 14.4 Å². The molecule has 3 amide bonds. The summed E-state index contributed by atoms with van der Waals surface area (Å²) in [6, 6.07) is 16.0. The van der Waals surface area contributed by atoms with Gasteiger partial charge in [-0.2, -0.15) is 0 Å². The van der Waals surface area contributed by atoms with Crippen LogP contribution in [0.1, 0.15) is 22.8 Å². The van der Waals surface area contributed by atoms with Gasteiger partial charge >= 0.3 is 0 Å². The van der Waals surface area contributed by atoms with Crippen molar-refractivity contribution in [1.29, 1.82) is 0 Å². The Labute approximate surface area is 146 Å². The third-order valence-electron chi connectivity index (χ3n) is 3.41. The fourth-order valence-corrected chi connectivity index (χ4v) is 2.23. The number of hydrogen-bond donors (Lipinski definition) is 3. The van der Waals surface area contributed by atoms with Crippen molar-refractivity contribution in [2.45, 2.75) is 13.3 Å². The summed E-state index contributed by atoms with van der Waals surface area (Å²) in [6.45, 7) is 2.17. The molecule has 2 aromatic carbocycles. The van der Waals surface area contributed by atoms with Crippen LogP contribution in [0.15, 0.2) is 54.6 Å². The number of carbonyl (C=O) groups is 3. The molecule has 0 saturated heterocycles. The molecule has 0 aliphatic heterocycles. The van der Waals surface area contributed by atoms with Gasteiger partial charge in [0.1, 0.15) is 0 Å². The summed E-state index contributed by atoms with van der Waals surface area (Å²) in [6.07, 6.45) is 0.243. The van der Waals surface area contributed by atoms with Gasteiger partial charge in [-0.15, -0.1) is 0 Å². The second-order valence-electron chi connectivity index (χ2n) is 5.53. The highest BCUT2D eigenvalue weighted by molar-refractivity contribution is 5.94. The molecule has 6 heteroatoms. The number of amides is 3. The zero-order chi connectivity index (χ0) is 18.1. The van der Waals surface area contributed by atoms with Crippen molar-refractivity contribution in [1.82, 2.24) is 10.6 Å². The third-order valence-corrected chi connectivity index (χ3v) is 3.41. The SMILES string of the molecule is CC(=O)Nc1ccc(CC(=O)NCCNC(=O)c2ccccc2)cc1. The molecule has 0 aliphatic rings. The quantitative estimate of drug-likeness (QED) is 0.672. The molecule has 2 aromatic rings. The molecule has 0 aliphatic carbocycles. The fourth-order valence-electron chi connectivity index (χ4n) is 2.23. The Morgan fingerprint density at radius 3 is 2.12 bits per heavy atom. The Morgan fingerprint density at radius 2 is 1.48 bits per heavy atom. The van der Waals surface area contributed by atoms with Crippen LogP contribution in [0, 0.1) is 0 Å². The van der Waals surface area contributed by atoms with Gasteiger partial charge in [0.25, 0.3) is 5.91 Å². The lowest BCUT2D eigenvalue weighted by Gasteiger charge is -2.08. The van der Waals surface area contributed by atoms with Crippen LogP contribution in [0.5, 0.6) is 0 Å². The molecule has 0 saturated carbocycles. The maximum atomic E-state index is 11.9. The second kappa shape index (κ2) is 9.22. The van der Waals surface area contributed by atoms with Crippen LogP contribution in [0.2, 0.25) is 0 Å². The number of anilines is 1. The van der Waals surface area contributed by atoms with E-state index in [0.29, 0.717) is 24.3 Å². The Balaban J connectivity index is 1.68. The minimum absolute atomic E-state index is 0.124. The van der Waals surface area contributed by atoms with Gasteiger partial charge < -0.3 is 16.0 Å². The van der Waals surface area contributed by atoms with Gasteiger partial charge in [0.2, 0.25) is 11.8 Å². The number of benzene rings is 2. The minimum atomic E-state index is -0.164. The molecule has 130 valence electrons. The molecule has 0 bridgehead atoms. The summed E-state index contributed by atoms with van der Waals surface area (Å²) in [7, 11) is 0. The van der Waals surface area contributed by atoms with Crippen LogP contribution >= 0.6 is 0 Å². The van der Waals surface area contributed by atoms with E-state index in [4.69, 9.17) is 0 Å². The Hall–Kier alpha value is -3.15. The lowest BCUT2D eigenvalue weighted by molar-refractivity contribution is -0.120. The predicted molar refractivity (Wildman–Crippen MR) is 96.2 cm³/mol. The lowest BCUT2D eigenvalue weighted by atomic mass is 10.1. The first-order valence-electron chi connectivity index (χ1n) is 8.01.